The minimum Gasteiger partial charge on any atom is -0.309 e. The molecule has 0 aliphatic carbocycles. The topological polar surface area (TPSA) is 8.17 Å². The second-order valence-electron chi connectivity index (χ2n) is 14.1. The van der Waals surface area contributed by atoms with Gasteiger partial charge in [0.25, 0.3) is 0 Å². The second-order valence-corrected chi connectivity index (χ2v) is 14.1. The molecule has 0 radical (unpaired) electrons. The average molecular weight is 715 g/mol. The highest BCUT2D eigenvalue weighted by molar-refractivity contribution is 6.17. The Morgan fingerprint density at radius 3 is 1.45 bits per heavy atom. The molecule has 0 saturated heterocycles. The van der Waals surface area contributed by atoms with Gasteiger partial charge in [-0.15, -0.1) is 0 Å². The van der Waals surface area contributed by atoms with Crippen LogP contribution in [0.5, 0.6) is 0 Å². The van der Waals surface area contributed by atoms with Gasteiger partial charge >= 0.3 is 0 Å². The summed E-state index contributed by atoms with van der Waals surface area (Å²) in [6.45, 7) is 0. The maximum absolute atomic E-state index is 2.47. The van der Waals surface area contributed by atoms with Crippen LogP contribution in [0.25, 0.3) is 72.0 Å². The van der Waals surface area contributed by atoms with E-state index in [0.717, 1.165) is 33.8 Å². The Morgan fingerprint density at radius 2 is 0.750 bits per heavy atom. The molecule has 2 heteroatoms. The summed E-state index contributed by atoms with van der Waals surface area (Å²) in [6, 6.07) is 83.1. The smallest absolute Gasteiger partial charge is 0.0562 e. The van der Waals surface area contributed by atoms with Gasteiger partial charge in [-0.05, 0) is 87.5 Å². The predicted molar refractivity (Wildman–Crippen MR) is 237 cm³/mol. The maximum atomic E-state index is 2.47. The fourth-order valence-corrected chi connectivity index (χ4v) is 8.32. The zero-order chi connectivity index (χ0) is 37.3. The zero-order valence-electron chi connectivity index (χ0n) is 30.8. The Balaban J connectivity index is 1.23. The minimum atomic E-state index is 1.09. The van der Waals surface area contributed by atoms with Crippen molar-refractivity contribution in [2.24, 2.45) is 0 Å². The van der Waals surface area contributed by atoms with Crippen LogP contribution in [0.2, 0.25) is 0 Å². The standard InChI is InChI=1S/C54H38N2/c1-4-19-39(20-5-1)40-35-37-43(38-36-40)56(53-34-18-33-52-54(53)49-30-15-17-32-51(49)55(52)42-23-8-3-9-24-42)50-31-16-14-29-48(50)47-28-13-12-27-46(47)45-26-11-10-25-44(45)41-21-6-2-7-22-41/h1-38H. The van der Waals surface area contributed by atoms with E-state index < -0.39 is 0 Å². The molecule has 1 heterocycles. The van der Waals surface area contributed by atoms with Crippen molar-refractivity contribution in [1.29, 1.82) is 0 Å². The lowest BCUT2D eigenvalue weighted by Crippen LogP contribution is -2.12. The molecule has 10 rings (SSSR count). The van der Waals surface area contributed by atoms with Gasteiger partial charge in [0.1, 0.15) is 0 Å². The van der Waals surface area contributed by atoms with E-state index >= 15 is 0 Å². The number of fused-ring (bicyclic) bond motifs is 3. The normalized spacial score (nSPS) is 11.2. The number of aromatic nitrogens is 1. The first kappa shape index (κ1) is 33.2. The summed E-state index contributed by atoms with van der Waals surface area (Å²) in [5.74, 6) is 0. The van der Waals surface area contributed by atoms with Crippen molar-refractivity contribution in [1.82, 2.24) is 4.57 Å². The van der Waals surface area contributed by atoms with Gasteiger partial charge in [0.2, 0.25) is 0 Å². The van der Waals surface area contributed by atoms with Crippen molar-refractivity contribution in [3.63, 3.8) is 0 Å². The second kappa shape index (κ2) is 14.4. The number of benzene rings is 9. The molecule has 0 N–H and O–H groups in total. The monoisotopic (exact) mass is 714 g/mol. The summed E-state index contributed by atoms with van der Waals surface area (Å²) in [7, 11) is 0. The molecule has 10 aromatic rings. The maximum Gasteiger partial charge on any atom is 0.0562 e. The molecule has 0 atom stereocenters. The van der Waals surface area contributed by atoms with E-state index in [1.54, 1.807) is 0 Å². The molecule has 2 nitrogen and oxygen atoms in total. The first-order chi connectivity index (χ1) is 27.8. The van der Waals surface area contributed by atoms with Crippen LogP contribution in [-0.2, 0) is 0 Å². The van der Waals surface area contributed by atoms with Crippen molar-refractivity contribution >= 4 is 38.9 Å². The molecule has 56 heavy (non-hydrogen) atoms. The van der Waals surface area contributed by atoms with Gasteiger partial charge < -0.3 is 9.47 Å². The number of anilines is 3. The Kier molecular flexibility index (Phi) is 8.55. The van der Waals surface area contributed by atoms with Gasteiger partial charge in [-0.25, -0.2) is 0 Å². The Bertz CT molecular complexity index is 2940. The van der Waals surface area contributed by atoms with Crippen LogP contribution in [0.15, 0.2) is 231 Å². The van der Waals surface area contributed by atoms with Crippen LogP contribution in [0.3, 0.4) is 0 Å². The van der Waals surface area contributed by atoms with Crippen molar-refractivity contribution < 1.29 is 0 Å². The summed E-state index contributed by atoms with van der Waals surface area (Å²) < 4.78 is 2.40. The quantitative estimate of drug-likeness (QED) is 0.152. The van der Waals surface area contributed by atoms with Gasteiger partial charge in [0.15, 0.2) is 0 Å². The lowest BCUT2D eigenvalue weighted by atomic mass is 9.88. The van der Waals surface area contributed by atoms with Crippen LogP contribution in [-0.4, -0.2) is 4.57 Å². The van der Waals surface area contributed by atoms with Crippen molar-refractivity contribution in [3.8, 4) is 50.2 Å². The van der Waals surface area contributed by atoms with Crippen molar-refractivity contribution in [3.05, 3.63) is 231 Å². The van der Waals surface area contributed by atoms with E-state index in [4.69, 9.17) is 0 Å². The Hall–Kier alpha value is -7.42. The molecular weight excluding hydrogens is 677 g/mol. The first-order valence-corrected chi connectivity index (χ1v) is 19.2. The number of rotatable bonds is 8. The SMILES string of the molecule is c1ccc(-c2ccc(N(c3ccccc3-c3ccccc3-c3ccccc3-c3ccccc3)c3cccc4c3c3ccccc3n4-c3ccccc3)cc2)cc1. The molecule has 9 aromatic carbocycles. The van der Waals surface area contributed by atoms with E-state index in [1.165, 1.54) is 55.2 Å². The average Bonchev–Trinajstić information content (AvgIpc) is 3.63. The fourth-order valence-electron chi connectivity index (χ4n) is 8.32. The van der Waals surface area contributed by atoms with Crippen LogP contribution in [0.4, 0.5) is 17.1 Å². The third kappa shape index (κ3) is 5.85. The molecule has 1 aromatic heterocycles. The van der Waals surface area contributed by atoms with Crippen LogP contribution < -0.4 is 4.90 Å². The number of nitrogens with zero attached hydrogens (tertiary/aromatic N) is 2. The number of para-hydroxylation sites is 3. The summed E-state index contributed by atoms with van der Waals surface area (Å²) in [5.41, 5.74) is 16.3. The first-order valence-electron chi connectivity index (χ1n) is 19.2. The highest BCUT2D eigenvalue weighted by atomic mass is 15.2. The summed E-state index contributed by atoms with van der Waals surface area (Å²) in [5, 5.41) is 2.42. The van der Waals surface area contributed by atoms with Crippen LogP contribution >= 0.6 is 0 Å². The molecule has 0 fully saturated rings. The highest BCUT2D eigenvalue weighted by Crippen LogP contribution is 2.48. The van der Waals surface area contributed by atoms with Crippen molar-refractivity contribution in [2.45, 2.75) is 0 Å². The van der Waals surface area contributed by atoms with E-state index in [9.17, 15) is 0 Å². The predicted octanol–water partition coefficient (Wildman–Crippen LogP) is 14.9. The van der Waals surface area contributed by atoms with E-state index in [1.807, 2.05) is 0 Å². The summed E-state index contributed by atoms with van der Waals surface area (Å²) in [4.78, 5) is 2.47. The Morgan fingerprint density at radius 1 is 0.286 bits per heavy atom. The third-order valence-electron chi connectivity index (χ3n) is 10.8. The molecule has 0 aliphatic heterocycles. The van der Waals surface area contributed by atoms with Gasteiger partial charge in [0.05, 0.1) is 22.4 Å². The van der Waals surface area contributed by atoms with Crippen molar-refractivity contribution in [2.75, 3.05) is 4.90 Å². The van der Waals surface area contributed by atoms with Gasteiger partial charge in [0, 0.05) is 27.7 Å². The number of hydrogen-bond donors (Lipinski definition) is 0. The van der Waals surface area contributed by atoms with Crippen LogP contribution in [0, 0.1) is 0 Å². The third-order valence-corrected chi connectivity index (χ3v) is 10.8. The van der Waals surface area contributed by atoms with Gasteiger partial charge in [-0.3, -0.25) is 0 Å². The van der Waals surface area contributed by atoms with E-state index in [-0.39, 0.29) is 0 Å². The largest absolute Gasteiger partial charge is 0.309 e. The summed E-state index contributed by atoms with van der Waals surface area (Å²) in [6.07, 6.45) is 0. The van der Waals surface area contributed by atoms with E-state index in [2.05, 4.69) is 240 Å². The molecule has 0 bridgehead atoms. The molecule has 0 saturated carbocycles. The zero-order valence-corrected chi connectivity index (χ0v) is 30.8. The molecular formula is C54H38N2. The minimum absolute atomic E-state index is 1.09. The van der Waals surface area contributed by atoms with Gasteiger partial charge in [-0.1, -0.05) is 182 Å². The van der Waals surface area contributed by atoms with Crippen LogP contribution in [0.1, 0.15) is 0 Å². The van der Waals surface area contributed by atoms with E-state index in [0.29, 0.717) is 0 Å². The molecule has 0 aliphatic rings. The lowest BCUT2D eigenvalue weighted by molar-refractivity contribution is 1.18. The fraction of sp³-hybridized carbons (Fsp3) is 0. The molecule has 264 valence electrons. The molecule has 0 amide bonds. The summed E-state index contributed by atoms with van der Waals surface area (Å²) >= 11 is 0. The molecule has 0 spiro atoms. The lowest BCUT2D eigenvalue weighted by Gasteiger charge is -2.29. The molecule has 0 unspecified atom stereocenters. The van der Waals surface area contributed by atoms with Gasteiger partial charge in [-0.2, -0.15) is 0 Å². The highest BCUT2D eigenvalue weighted by Gasteiger charge is 2.24. The number of hydrogen-bond acceptors (Lipinski definition) is 1. The Labute approximate surface area is 327 Å².